The summed E-state index contributed by atoms with van der Waals surface area (Å²) in [4.78, 5) is 29.1. The van der Waals surface area contributed by atoms with Gasteiger partial charge in [-0.3, -0.25) is 14.7 Å². The molecule has 3 rings (SSSR count). The predicted octanol–water partition coefficient (Wildman–Crippen LogP) is 2.54. The predicted molar refractivity (Wildman–Crippen MR) is 107 cm³/mol. The number of benzene rings is 1. The van der Waals surface area contributed by atoms with E-state index < -0.39 is 23.5 Å². The van der Waals surface area contributed by atoms with Crippen LogP contribution in [0.15, 0.2) is 29.8 Å². The van der Waals surface area contributed by atoms with Crippen molar-refractivity contribution < 1.29 is 19.1 Å². The molecule has 1 aliphatic rings. The molecule has 1 aliphatic heterocycles. The number of aromatic amines is 1. The van der Waals surface area contributed by atoms with E-state index in [1.807, 2.05) is 19.0 Å². The first-order valence-corrected chi connectivity index (χ1v) is 9.43. The van der Waals surface area contributed by atoms with E-state index in [4.69, 9.17) is 0 Å². The summed E-state index contributed by atoms with van der Waals surface area (Å²) in [7, 11) is 3.85. The first-order chi connectivity index (χ1) is 13.7. The summed E-state index contributed by atoms with van der Waals surface area (Å²) in [5.74, 6) is -2.10. The monoisotopic (exact) mass is 400 g/mol. The molecule has 0 bridgehead atoms. The molecule has 2 heterocycles. The molecule has 0 spiro atoms. The highest BCUT2D eigenvalue weighted by Gasteiger charge is 2.46. The van der Waals surface area contributed by atoms with Gasteiger partial charge in [0.2, 0.25) is 0 Å². The van der Waals surface area contributed by atoms with E-state index in [0.717, 1.165) is 6.54 Å². The van der Waals surface area contributed by atoms with Crippen LogP contribution in [0.5, 0.6) is 0 Å². The number of likely N-dealkylation sites (tertiary alicyclic amines) is 1. The number of rotatable bonds is 6. The largest absolute Gasteiger partial charge is 0.507 e. The molecule has 1 fully saturated rings. The van der Waals surface area contributed by atoms with Crippen molar-refractivity contribution in [2.75, 3.05) is 27.2 Å². The van der Waals surface area contributed by atoms with Crippen LogP contribution in [-0.4, -0.2) is 64.0 Å². The number of aryl methyl sites for hydroxylation is 2. The fraction of sp³-hybridized carbons (Fsp3) is 0.381. The summed E-state index contributed by atoms with van der Waals surface area (Å²) in [6.07, 6.45) is 0.654. The first kappa shape index (κ1) is 20.7. The number of H-pyrrole nitrogens is 1. The number of carbonyl (C=O) groups is 2. The maximum atomic E-state index is 13.5. The van der Waals surface area contributed by atoms with Gasteiger partial charge in [0, 0.05) is 12.2 Å². The lowest BCUT2D eigenvalue weighted by molar-refractivity contribution is -0.139. The van der Waals surface area contributed by atoms with E-state index in [2.05, 4.69) is 10.2 Å². The van der Waals surface area contributed by atoms with E-state index >= 15 is 0 Å². The number of hydrogen-bond donors (Lipinski definition) is 2. The number of aromatic nitrogens is 2. The number of carbonyl (C=O) groups excluding carboxylic acids is 2. The van der Waals surface area contributed by atoms with Crippen molar-refractivity contribution in [2.24, 2.45) is 0 Å². The standard InChI is InChI=1S/C21H25FN4O3/c1-12-16(13(2)24-23-12)19(27)17-18(14-6-8-15(22)9-7-14)26(21(29)20(17)28)11-5-10-25(3)4/h6-9,18,27H,5,10-11H2,1-4H3,(H,23,24)/t18-/m1/s1. The lowest BCUT2D eigenvalue weighted by Gasteiger charge is -2.26. The van der Waals surface area contributed by atoms with Crippen LogP contribution in [-0.2, 0) is 9.59 Å². The SMILES string of the molecule is Cc1n[nH]c(C)c1C(O)=C1C(=O)C(=O)N(CCCN(C)C)[C@@H]1c1ccc(F)cc1. The molecule has 8 heteroatoms. The molecule has 1 atom stereocenters. The van der Waals surface area contributed by atoms with Gasteiger partial charge in [-0.2, -0.15) is 5.10 Å². The van der Waals surface area contributed by atoms with Crippen molar-refractivity contribution in [3.8, 4) is 0 Å². The Morgan fingerprint density at radius 2 is 1.90 bits per heavy atom. The zero-order valence-electron chi connectivity index (χ0n) is 17.0. The fourth-order valence-corrected chi connectivity index (χ4v) is 3.69. The van der Waals surface area contributed by atoms with E-state index in [1.165, 1.54) is 29.2 Å². The molecule has 0 aliphatic carbocycles. The average Bonchev–Trinajstić information content (AvgIpc) is 3.13. The van der Waals surface area contributed by atoms with Crippen LogP contribution in [0.25, 0.3) is 5.76 Å². The zero-order chi connectivity index (χ0) is 21.3. The molecular weight excluding hydrogens is 375 g/mol. The number of ketones is 1. The summed E-state index contributed by atoms with van der Waals surface area (Å²) in [6.45, 7) is 4.51. The average molecular weight is 400 g/mol. The number of nitrogens with one attached hydrogen (secondary N) is 1. The van der Waals surface area contributed by atoms with Crippen LogP contribution in [0.1, 0.15) is 35.0 Å². The number of aliphatic hydroxyl groups excluding tert-OH is 1. The Balaban J connectivity index is 2.12. The molecule has 2 aromatic rings. The third-order valence-electron chi connectivity index (χ3n) is 5.09. The quantitative estimate of drug-likeness (QED) is 0.442. The van der Waals surface area contributed by atoms with Gasteiger partial charge >= 0.3 is 0 Å². The van der Waals surface area contributed by atoms with Gasteiger partial charge < -0.3 is 14.9 Å². The van der Waals surface area contributed by atoms with Crippen LogP contribution < -0.4 is 0 Å². The Kier molecular flexibility index (Phi) is 5.83. The van der Waals surface area contributed by atoms with Crippen molar-refractivity contribution in [1.29, 1.82) is 0 Å². The van der Waals surface area contributed by atoms with Crippen LogP contribution in [0.3, 0.4) is 0 Å². The minimum absolute atomic E-state index is 0.000869. The third-order valence-corrected chi connectivity index (χ3v) is 5.09. The van der Waals surface area contributed by atoms with Crippen LogP contribution in [0.4, 0.5) is 4.39 Å². The third kappa shape index (κ3) is 3.93. The molecule has 1 saturated heterocycles. The lowest BCUT2D eigenvalue weighted by Crippen LogP contribution is -2.32. The van der Waals surface area contributed by atoms with E-state index in [-0.39, 0.29) is 11.3 Å². The van der Waals surface area contributed by atoms with E-state index in [9.17, 15) is 19.1 Å². The van der Waals surface area contributed by atoms with Crippen LogP contribution in [0.2, 0.25) is 0 Å². The number of aliphatic hydroxyl groups is 1. The molecule has 29 heavy (non-hydrogen) atoms. The summed E-state index contributed by atoms with van der Waals surface area (Å²) in [5.41, 5.74) is 2.09. The summed E-state index contributed by atoms with van der Waals surface area (Å²) in [5, 5.41) is 17.9. The number of nitrogens with zero attached hydrogens (tertiary/aromatic N) is 3. The van der Waals surface area contributed by atoms with Crippen molar-refractivity contribution >= 4 is 17.4 Å². The molecule has 1 aromatic heterocycles. The van der Waals surface area contributed by atoms with Crippen molar-refractivity contribution in [2.45, 2.75) is 26.3 Å². The lowest BCUT2D eigenvalue weighted by atomic mass is 9.94. The Morgan fingerprint density at radius 1 is 1.24 bits per heavy atom. The van der Waals surface area contributed by atoms with Crippen molar-refractivity contribution in [1.82, 2.24) is 20.0 Å². The second-order valence-electron chi connectivity index (χ2n) is 7.51. The minimum Gasteiger partial charge on any atom is -0.507 e. The molecule has 154 valence electrons. The second kappa shape index (κ2) is 8.16. The second-order valence-corrected chi connectivity index (χ2v) is 7.51. The summed E-state index contributed by atoms with van der Waals surface area (Å²) >= 11 is 0. The Morgan fingerprint density at radius 3 is 2.45 bits per heavy atom. The van der Waals surface area contributed by atoms with Crippen molar-refractivity contribution in [3.05, 3.63) is 58.2 Å². The van der Waals surface area contributed by atoms with Gasteiger partial charge in [-0.1, -0.05) is 12.1 Å². The summed E-state index contributed by atoms with van der Waals surface area (Å²) < 4.78 is 13.5. The molecule has 0 unspecified atom stereocenters. The fourth-order valence-electron chi connectivity index (χ4n) is 3.69. The number of Topliss-reactive ketones (excluding diaryl/α,β-unsaturated/α-hetero) is 1. The van der Waals surface area contributed by atoms with E-state index in [0.29, 0.717) is 35.5 Å². The van der Waals surface area contributed by atoms with Gasteiger partial charge in [-0.15, -0.1) is 0 Å². The highest BCUT2D eigenvalue weighted by molar-refractivity contribution is 6.46. The molecule has 1 amide bonds. The van der Waals surface area contributed by atoms with Crippen LogP contribution in [0, 0.1) is 19.7 Å². The Hall–Kier alpha value is -3.00. The zero-order valence-corrected chi connectivity index (χ0v) is 17.0. The number of halogens is 1. The Bertz CT molecular complexity index is 943. The molecular formula is C21H25FN4O3. The molecule has 1 aromatic carbocycles. The molecule has 0 radical (unpaired) electrons. The van der Waals surface area contributed by atoms with Gasteiger partial charge in [0.15, 0.2) is 0 Å². The van der Waals surface area contributed by atoms with Gasteiger partial charge in [-0.25, -0.2) is 4.39 Å². The topological polar surface area (TPSA) is 89.5 Å². The molecule has 7 nitrogen and oxygen atoms in total. The number of amides is 1. The highest BCUT2D eigenvalue weighted by Crippen LogP contribution is 2.40. The Labute approximate surface area is 168 Å². The number of hydrogen-bond acceptors (Lipinski definition) is 5. The van der Waals surface area contributed by atoms with E-state index in [1.54, 1.807) is 13.8 Å². The van der Waals surface area contributed by atoms with Crippen molar-refractivity contribution in [3.63, 3.8) is 0 Å². The first-order valence-electron chi connectivity index (χ1n) is 9.43. The van der Waals surface area contributed by atoms with Gasteiger partial charge in [0.05, 0.1) is 22.9 Å². The van der Waals surface area contributed by atoms with Gasteiger partial charge in [-0.05, 0) is 58.6 Å². The maximum Gasteiger partial charge on any atom is 0.295 e. The highest BCUT2D eigenvalue weighted by atomic mass is 19.1. The minimum atomic E-state index is -0.786. The smallest absolute Gasteiger partial charge is 0.295 e. The maximum absolute atomic E-state index is 13.5. The van der Waals surface area contributed by atoms with Crippen LogP contribution >= 0.6 is 0 Å². The normalized spacial score (nSPS) is 18.8. The molecule has 0 saturated carbocycles. The molecule has 2 N–H and O–H groups in total. The van der Waals surface area contributed by atoms with Gasteiger partial charge in [0.25, 0.3) is 11.7 Å². The summed E-state index contributed by atoms with van der Waals surface area (Å²) in [6, 6.07) is 4.85. The van der Waals surface area contributed by atoms with Gasteiger partial charge in [0.1, 0.15) is 11.6 Å².